The van der Waals surface area contributed by atoms with E-state index >= 15 is 0 Å². The maximum Gasteiger partial charge on any atom is 0.133 e. The van der Waals surface area contributed by atoms with E-state index in [0.717, 1.165) is 5.06 Å². The van der Waals surface area contributed by atoms with Gasteiger partial charge in [-0.1, -0.05) is 10.9 Å². The molecular weight excluding hydrogens is 175 g/mol. The zero-order chi connectivity index (χ0) is 10.5. The monoisotopic (exact) mass is 181 g/mol. The van der Waals surface area contributed by atoms with Crippen LogP contribution in [0.3, 0.4) is 0 Å². The first kappa shape index (κ1) is 9.53. The van der Waals surface area contributed by atoms with Crippen LogP contribution in [-0.2, 0) is 6.42 Å². The molecule has 2 rings (SSSR count). The van der Waals surface area contributed by atoms with Gasteiger partial charge in [0, 0.05) is 6.54 Å². The van der Waals surface area contributed by atoms with E-state index in [0.29, 0.717) is 24.0 Å². The van der Waals surface area contributed by atoms with E-state index in [4.69, 9.17) is 23.5 Å². The Balaban J connectivity index is 2.77. The molecule has 0 saturated carbocycles. The molecule has 1 aromatic rings. The van der Waals surface area contributed by atoms with Crippen molar-refractivity contribution in [1.29, 1.82) is 0 Å². The van der Waals surface area contributed by atoms with E-state index < -0.39 is 0 Å². The summed E-state index contributed by atoms with van der Waals surface area (Å²) < 4.78 is 0. The Kier molecular flexibility index (Phi) is 2.03. The first-order chi connectivity index (χ1) is 6.54. The van der Waals surface area contributed by atoms with Crippen LogP contribution in [0, 0.1) is 0 Å². The molecule has 0 fully saturated rings. The summed E-state index contributed by atoms with van der Waals surface area (Å²) in [6, 6.07) is 0. The molecule has 0 saturated heterocycles. The molecule has 3 nitrogen and oxygen atoms in total. The lowest BCUT2D eigenvalue weighted by Crippen LogP contribution is -2.41. The predicted molar refractivity (Wildman–Crippen MR) is 57.1 cm³/mol. The fraction of sp³-hybridized carbons (Fsp3) is 0.250. The Labute approximate surface area is 85.9 Å². The Hall–Kier alpha value is -1.03. The van der Waals surface area contributed by atoms with E-state index in [1.807, 2.05) is 0 Å². The number of hydroxylamine groups is 1. The second-order valence-corrected chi connectivity index (χ2v) is 3.29. The van der Waals surface area contributed by atoms with Crippen molar-refractivity contribution < 1.29 is 10.3 Å². The van der Waals surface area contributed by atoms with Gasteiger partial charge in [0.05, 0.1) is 0 Å². The zero-order valence-electron chi connectivity index (χ0n) is 7.49. The van der Waals surface area contributed by atoms with Gasteiger partial charge in [-0.15, -0.1) is 5.46 Å². The Morgan fingerprint density at radius 1 is 1.07 bits per heavy atom. The number of anilines is 1. The van der Waals surface area contributed by atoms with Gasteiger partial charge in [0.15, 0.2) is 0 Å². The van der Waals surface area contributed by atoms with Crippen LogP contribution in [0.4, 0.5) is 5.69 Å². The van der Waals surface area contributed by atoms with Crippen LogP contribution in [0.25, 0.3) is 0 Å². The van der Waals surface area contributed by atoms with Gasteiger partial charge in [-0.05, 0) is 12.0 Å². The van der Waals surface area contributed by atoms with E-state index in [9.17, 15) is 10.3 Å². The topological polar surface area (TPSA) is 43.7 Å². The van der Waals surface area contributed by atoms with Gasteiger partial charge < -0.3 is 5.11 Å². The smallest absolute Gasteiger partial charge is 0.133 e. The van der Waals surface area contributed by atoms with Crippen molar-refractivity contribution in [3.63, 3.8) is 0 Å². The molecule has 0 aliphatic carbocycles. The molecule has 0 aromatic heterocycles. The number of phenols is 1. The lowest BCUT2D eigenvalue weighted by molar-refractivity contribution is 0.261. The minimum absolute atomic E-state index is 0.0159. The fourth-order valence-electron chi connectivity index (χ4n) is 1.69. The molecule has 0 bridgehead atoms. The van der Waals surface area contributed by atoms with E-state index in [-0.39, 0.29) is 22.4 Å². The van der Waals surface area contributed by atoms with Crippen molar-refractivity contribution in [3.8, 4) is 5.75 Å². The summed E-state index contributed by atoms with van der Waals surface area (Å²) in [5, 5.41) is 20.0. The lowest BCUT2D eigenvalue weighted by Gasteiger charge is -2.18. The van der Waals surface area contributed by atoms with Gasteiger partial charge in [0.1, 0.15) is 35.0 Å². The van der Waals surface area contributed by atoms with E-state index in [1.165, 1.54) is 0 Å². The Bertz CT molecular complexity index is 408. The minimum Gasteiger partial charge on any atom is -0.506 e. The molecule has 0 amide bonds. The van der Waals surface area contributed by atoms with E-state index in [2.05, 4.69) is 0 Å². The minimum atomic E-state index is -0.202. The molecule has 6 radical (unpaired) electrons. The van der Waals surface area contributed by atoms with E-state index in [1.54, 1.807) is 0 Å². The first-order valence-electron chi connectivity index (χ1n) is 4.18. The lowest BCUT2D eigenvalue weighted by atomic mass is 9.69. The van der Waals surface area contributed by atoms with Crippen LogP contribution < -0.4 is 21.5 Å². The van der Waals surface area contributed by atoms with Crippen molar-refractivity contribution >= 4 is 45.6 Å². The van der Waals surface area contributed by atoms with Crippen molar-refractivity contribution in [2.75, 3.05) is 11.6 Å². The summed E-state index contributed by atoms with van der Waals surface area (Å²) in [6.45, 7) is 0.385. The molecule has 14 heavy (non-hydrogen) atoms. The summed E-state index contributed by atoms with van der Waals surface area (Å²) in [5.74, 6) is -0.202. The highest BCUT2D eigenvalue weighted by Gasteiger charge is 2.25. The molecule has 1 aliphatic heterocycles. The van der Waals surface area contributed by atoms with Crippen molar-refractivity contribution in [3.05, 3.63) is 5.56 Å². The zero-order valence-corrected chi connectivity index (χ0v) is 7.49. The third kappa shape index (κ3) is 1.07. The second-order valence-electron chi connectivity index (χ2n) is 3.29. The molecule has 0 atom stereocenters. The van der Waals surface area contributed by atoms with Gasteiger partial charge in [0.2, 0.25) is 0 Å². The summed E-state index contributed by atoms with van der Waals surface area (Å²) in [4.78, 5) is 0. The number of nitrogens with zero attached hydrogens (tertiary/aromatic N) is 1. The van der Waals surface area contributed by atoms with Gasteiger partial charge in [0.25, 0.3) is 0 Å². The average Bonchev–Trinajstić information content (AvgIpc) is 2.54. The maximum absolute atomic E-state index is 9.63. The van der Waals surface area contributed by atoms with Gasteiger partial charge in [-0.25, -0.2) is 0 Å². The SMILES string of the molecule is [B]c1c([B])c(O)c2c(c1[B])CCN2O. The highest BCUT2D eigenvalue weighted by Crippen LogP contribution is 2.31. The molecule has 64 valence electrons. The molecule has 0 unspecified atom stereocenters. The number of aromatic hydroxyl groups is 1. The molecule has 6 heteroatoms. The average molecular weight is 181 g/mol. The maximum atomic E-state index is 9.63. The van der Waals surface area contributed by atoms with Crippen LogP contribution in [-0.4, -0.2) is 40.4 Å². The number of phenolic OH excluding ortho intramolecular Hbond substituents is 1. The molecule has 0 spiro atoms. The molecule has 1 aromatic carbocycles. The Morgan fingerprint density at radius 2 is 1.71 bits per heavy atom. The highest BCUT2D eigenvalue weighted by atomic mass is 16.5. The molecule has 1 aliphatic rings. The third-order valence-corrected chi connectivity index (χ3v) is 2.50. The standard InChI is InChI=1S/C8H6B3NO2/c9-4-3-1-2-12(14)7(3)8(13)6(11)5(4)10/h13-14H,1-2H2. The summed E-state index contributed by atoms with van der Waals surface area (Å²) >= 11 is 0. The van der Waals surface area contributed by atoms with Crippen LogP contribution in [0.15, 0.2) is 0 Å². The molecular formula is C8H6B3NO2. The summed E-state index contributed by atoms with van der Waals surface area (Å²) in [6.07, 6.45) is 0.551. The second kappa shape index (κ2) is 2.99. The normalized spacial score (nSPS) is 14.5. The van der Waals surface area contributed by atoms with Crippen LogP contribution >= 0.6 is 0 Å². The number of fused-ring (bicyclic) bond motifs is 1. The van der Waals surface area contributed by atoms with Gasteiger partial charge in [-0.2, -0.15) is 0 Å². The predicted octanol–water partition coefficient (Wildman–Crippen LogP) is -2.47. The van der Waals surface area contributed by atoms with Crippen molar-refractivity contribution in [1.82, 2.24) is 0 Å². The Morgan fingerprint density at radius 3 is 2.36 bits per heavy atom. The summed E-state index contributed by atoms with van der Waals surface area (Å²) in [5.41, 5.74) is 1.46. The van der Waals surface area contributed by atoms with Crippen LogP contribution in [0.1, 0.15) is 5.56 Å². The third-order valence-electron chi connectivity index (χ3n) is 2.50. The number of rotatable bonds is 0. The van der Waals surface area contributed by atoms with Gasteiger partial charge >= 0.3 is 0 Å². The molecule has 2 N–H and O–H groups in total. The van der Waals surface area contributed by atoms with Crippen LogP contribution in [0.5, 0.6) is 5.75 Å². The summed E-state index contributed by atoms with van der Waals surface area (Å²) in [7, 11) is 16.8. The number of hydrogen-bond donors (Lipinski definition) is 2. The largest absolute Gasteiger partial charge is 0.506 e. The number of hydrogen-bond acceptors (Lipinski definition) is 3. The van der Waals surface area contributed by atoms with Crippen molar-refractivity contribution in [2.45, 2.75) is 6.42 Å². The van der Waals surface area contributed by atoms with Gasteiger partial charge in [-0.3, -0.25) is 10.3 Å². The van der Waals surface area contributed by atoms with Crippen LogP contribution in [0.2, 0.25) is 0 Å². The number of benzene rings is 1. The molecule has 1 heterocycles. The quantitative estimate of drug-likeness (QED) is 0.435. The van der Waals surface area contributed by atoms with Crippen molar-refractivity contribution in [2.24, 2.45) is 0 Å². The first-order valence-corrected chi connectivity index (χ1v) is 4.18. The fourth-order valence-corrected chi connectivity index (χ4v) is 1.69. The highest BCUT2D eigenvalue weighted by molar-refractivity contribution is 6.59.